The van der Waals surface area contributed by atoms with Crippen LogP contribution in [0, 0.1) is 11.8 Å². The quantitative estimate of drug-likeness (QED) is 0.714. The lowest BCUT2D eigenvalue weighted by molar-refractivity contribution is -0.143. The molecule has 1 rings (SSSR count). The van der Waals surface area contributed by atoms with Crippen LogP contribution in [0.5, 0.6) is 0 Å². The predicted molar refractivity (Wildman–Crippen MR) is 58.6 cm³/mol. The molecule has 0 saturated heterocycles. The van der Waals surface area contributed by atoms with Gasteiger partial charge in [-0.3, -0.25) is 4.79 Å². The van der Waals surface area contributed by atoms with Crippen LogP contribution in [0.1, 0.15) is 51.9 Å². The lowest BCUT2D eigenvalue weighted by Crippen LogP contribution is -2.21. The Bertz CT molecular complexity index is 197. The summed E-state index contributed by atoms with van der Waals surface area (Å²) in [5, 5.41) is 18.7. The first-order chi connectivity index (χ1) is 7.13. The summed E-state index contributed by atoms with van der Waals surface area (Å²) in [5.74, 6) is -0.518. The fraction of sp³-hybridized carbons (Fsp3) is 0.917. The van der Waals surface area contributed by atoms with Crippen molar-refractivity contribution in [3.8, 4) is 0 Å². The van der Waals surface area contributed by atoms with E-state index in [1.165, 1.54) is 25.7 Å². The molecular weight excluding hydrogens is 192 g/mol. The first kappa shape index (κ1) is 12.5. The summed E-state index contributed by atoms with van der Waals surface area (Å²) in [5.41, 5.74) is 0. The van der Waals surface area contributed by atoms with Crippen LogP contribution in [-0.2, 0) is 4.79 Å². The maximum atomic E-state index is 10.8. The first-order valence-electron chi connectivity index (χ1n) is 6.04. The Morgan fingerprint density at radius 1 is 1.40 bits per heavy atom. The number of rotatable bonds is 6. The summed E-state index contributed by atoms with van der Waals surface area (Å²) in [7, 11) is 0. The molecule has 0 spiro atoms. The number of hydrogen-bond donors (Lipinski definition) is 2. The van der Waals surface area contributed by atoms with E-state index in [2.05, 4.69) is 0 Å². The van der Waals surface area contributed by atoms with Crippen LogP contribution in [-0.4, -0.2) is 22.3 Å². The zero-order chi connectivity index (χ0) is 11.3. The molecule has 15 heavy (non-hydrogen) atoms. The van der Waals surface area contributed by atoms with Gasteiger partial charge in [-0.2, -0.15) is 0 Å². The molecule has 2 unspecified atom stereocenters. The highest BCUT2D eigenvalue weighted by atomic mass is 16.4. The molecule has 2 atom stereocenters. The normalized spacial score (nSPS) is 21.5. The molecule has 2 N–H and O–H groups in total. The minimum absolute atomic E-state index is 0.374. The third kappa shape index (κ3) is 4.20. The van der Waals surface area contributed by atoms with E-state index in [9.17, 15) is 9.90 Å². The zero-order valence-corrected chi connectivity index (χ0v) is 9.48. The maximum absolute atomic E-state index is 10.8. The fourth-order valence-electron chi connectivity index (χ4n) is 2.50. The highest BCUT2D eigenvalue weighted by Crippen LogP contribution is 2.30. The Balaban J connectivity index is 2.26. The van der Waals surface area contributed by atoms with E-state index in [4.69, 9.17) is 5.11 Å². The molecule has 0 aromatic rings. The van der Waals surface area contributed by atoms with Crippen LogP contribution in [0.15, 0.2) is 0 Å². The van der Waals surface area contributed by atoms with Gasteiger partial charge < -0.3 is 10.2 Å². The fourth-order valence-corrected chi connectivity index (χ4v) is 2.50. The molecule has 1 saturated carbocycles. The molecule has 0 radical (unpaired) electrons. The molecular formula is C12H22O3. The van der Waals surface area contributed by atoms with Crippen LogP contribution in [0.3, 0.4) is 0 Å². The van der Waals surface area contributed by atoms with E-state index < -0.39 is 12.1 Å². The molecule has 3 nitrogen and oxygen atoms in total. The summed E-state index contributed by atoms with van der Waals surface area (Å²) in [4.78, 5) is 10.8. The van der Waals surface area contributed by atoms with E-state index in [0.717, 1.165) is 6.42 Å². The van der Waals surface area contributed by atoms with E-state index in [1.54, 1.807) is 0 Å². The average molecular weight is 214 g/mol. The van der Waals surface area contributed by atoms with Gasteiger partial charge in [0.2, 0.25) is 0 Å². The molecule has 0 aromatic heterocycles. The second-order valence-corrected chi connectivity index (χ2v) is 4.72. The molecule has 1 aliphatic carbocycles. The van der Waals surface area contributed by atoms with Crippen molar-refractivity contribution in [3.63, 3.8) is 0 Å². The summed E-state index contributed by atoms with van der Waals surface area (Å²) in [6.45, 7) is 1.86. The van der Waals surface area contributed by atoms with E-state index in [1.807, 2.05) is 6.92 Å². The number of aliphatic hydroxyl groups is 1. The van der Waals surface area contributed by atoms with Gasteiger partial charge in [-0.05, 0) is 25.2 Å². The number of carboxylic acid groups (broad SMARTS) is 1. The third-order valence-electron chi connectivity index (χ3n) is 3.48. The molecule has 0 heterocycles. The van der Waals surface area contributed by atoms with Crippen molar-refractivity contribution in [2.45, 2.75) is 58.0 Å². The molecule has 88 valence electrons. The average Bonchev–Trinajstić information content (AvgIpc) is 2.66. The van der Waals surface area contributed by atoms with Gasteiger partial charge in [-0.15, -0.1) is 0 Å². The van der Waals surface area contributed by atoms with Gasteiger partial charge in [0.05, 0.1) is 12.0 Å². The summed E-state index contributed by atoms with van der Waals surface area (Å²) < 4.78 is 0. The highest BCUT2D eigenvalue weighted by molar-refractivity contribution is 5.69. The van der Waals surface area contributed by atoms with Crippen LogP contribution >= 0.6 is 0 Å². The standard InChI is InChI=1S/C12H22O3/c1-2-10(12(14)15)8-11(13)7-9-5-3-4-6-9/h9-11,13H,2-8H2,1H3,(H,14,15). The molecule has 3 heteroatoms. The Hall–Kier alpha value is -0.570. The van der Waals surface area contributed by atoms with Crippen molar-refractivity contribution in [2.75, 3.05) is 0 Å². The molecule has 1 fully saturated rings. The molecule has 0 aromatic carbocycles. The molecule has 0 aliphatic heterocycles. The van der Waals surface area contributed by atoms with Gasteiger partial charge in [0.25, 0.3) is 0 Å². The number of carboxylic acids is 1. The van der Waals surface area contributed by atoms with Crippen molar-refractivity contribution in [1.29, 1.82) is 0 Å². The predicted octanol–water partition coefficient (Wildman–Crippen LogP) is 2.43. The van der Waals surface area contributed by atoms with E-state index >= 15 is 0 Å². The summed E-state index contributed by atoms with van der Waals surface area (Å²) >= 11 is 0. The van der Waals surface area contributed by atoms with Crippen molar-refractivity contribution < 1.29 is 15.0 Å². The Labute approximate surface area is 91.5 Å². The van der Waals surface area contributed by atoms with Crippen molar-refractivity contribution in [1.82, 2.24) is 0 Å². The third-order valence-corrected chi connectivity index (χ3v) is 3.48. The summed E-state index contributed by atoms with van der Waals surface area (Å²) in [6, 6.07) is 0. The van der Waals surface area contributed by atoms with Crippen molar-refractivity contribution in [2.24, 2.45) is 11.8 Å². The van der Waals surface area contributed by atoms with Crippen LogP contribution in [0.25, 0.3) is 0 Å². The smallest absolute Gasteiger partial charge is 0.306 e. The Kier molecular flexibility index (Phi) is 5.09. The van der Waals surface area contributed by atoms with Crippen LogP contribution in [0.2, 0.25) is 0 Å². The van der Waals surface area contributed by atoms with Crippen molar-refractivity contribution in [3.05, 3.63) is 0 Å². The zero-order valence-electron chi connectivity index (χ0n) is 9.48. The lowest BCUT2D eigenvalue weighted by Gasteiger charge is -2.18. The maximum Gasteiger partial charge on any atom is 0.306 e. The molecule has 1 aliphatic rings. The first-order valence-corrected chi connectivity index (χ1v) is 6.04. The van der Waals surface area contributed by atoms with Gasteiger partial charge in [-0.25, -0.2) is 0 Å². The summed E-state index contributed by atoms with van der Waals surface area (Å²) in [6.07, 6.45) is 6.36. The SMILES string of the molecule is CCC(CC(O)CC1CCCC1)C(=O)O. The van der Waals surface area contributed by atoms with Crippen LogP contribution < -0.4 is 0 Å². The minimum Gasteiger partial charge on any atom is -0.481 e. The Morgan fingerprint density at radius 2 is 2.00 bits per heavy atom. The van der Waals surface area contributed by atoms with Gasteiger partial charge in [-0.1, -0.05) is 32.6 Å². The van der Waals surface area contributed by atoms with E-state index in [0.29, 0.717) is 18.8 Å². The second-order valence-electron chi connectivity index (χ2n) is 4.72. The number of aliphatic carboxylic acids is 1. The largest absolute Gasteiger partial charge is 0.481 e. The van der Waals surface area contributed by atoms with E-state index in [-0.39, 0.29) is 5.92 Å². The highest BCUT2D eigenvalue weighted by Gasteiger charge is 2.23. The minimum atomic E-state index is -0.775. The molecule has 0 amide bonds. The molecule has 0 bridgehead atoms. The van der Waals surface area contributed by atoms with Gasteiger partial charge in [0.15, 0.2) is 0 Å². The number of hydrogen-bond acceptors (Lipinski definition) is 2. The van der Waals surface area contributed by atoms with Crippen molar-refractivity contribution >= 4 is 5.97 Å². The Morgan fingerprint density at radius 3 is 2.47 bits per heavy atom. The van der Waals surface area contributed by atoms with Gasteiger partial charge in [0, 0.05) is 0 Å². The lowest BCUT2D eigenvalue weighted by atomic mass is 9.92. The van der Waals surface area contributed by atoms with Crippen LogP contribution in [0.4, 0.5) is 0 Å². The second kappa shape index (κ2) is 6.11. The van der Waals surface area contributed by atoms with Gasteiger partial charge >= 0.3 is 5.97 Å². The number of aliphatic hydroxyl groups excluding tert-OH is 1. The topological polar surface area (TPSA) is 57.5 Å². The number of carbonyl (C=O) groups is 1. The van der Waals surface area contributed by atoms with Gasteiger partial charge in [0.1, 0.15) is 0 Å². The monoisotopic (exact) mass is 214 g/mol.